The Morgan fingerprint density at radius 3 is 2.58 bits per heavy atom. The lowest BCUT2D eigenvalue weighted by molar-refractivity contribution is -0.119. The van der Waals surface area contributed by atoms with Gasteiger partial charge in [0.15, 0.2) is 6.61 Å². The van der Waals surface area contributed by atoms with Crippen LogP contribution < -0.4 is 5.32 Å². The second-order valence-corrected chi connectivity index (χ2v) is 8.13. The highest BCUT2D eigenvalue weighted by molar-refractivity contribution is 7.17. The summed E-state index contributed by atoms with van der Waals surface area (Å²) < 4.78 is 9.91. The fourth-order valence-corrected chi connectivity index (χ4v) is 5.00. The molecule has 0 unspecified atom stereocenters. The average Bonchev–Trinajstić information content (AvgIpc) is 3.26. The van der Waals surface area contributed by atoms with Gasteiger partial charge in [0.2, 0.25) is 0 Å². The summed E-state index contributed by atoms with van der Waals surface area (Å²) >= 11 is 2.60. The van der Waals surface area contributed by atoms with Crippen molar-refractivity contribution in [1.29, 1.82) is 0 Å². The van der Waals surface area contributed by atoms with Crippen molar-refractivity contribution in [2.45, 2.75) is 33.1 Å². The van der Waals surface area contributed by atoms with Crippen molar-refractivity contribution in [2.75, 3.05) is 19.0 Å². The Bertz CT molecular complexity index is 884. The number of thiophene rings is 1. The van der Waals surface area contributed by atoms with Gasteiger partial charge < -0.3 is 14.8 Å². The number of anilines is 1. The SMILES string of the molecule is COC(=O)c1c(NC(=O)COC(=O)c2sc(C)nc2C)sc2c1CCC2. The predicted molar refractivity (Wildman–Crippen MR) is 98.2 cm³/mol. The molecule has 1 N–H and O–H groups in total. The second-order valence-electron chi connectivity index (χ2n) is 5.82. The second kappa shape index (κ2) is 7.55. The van der Waals surface area contributed by atoms with Crippen LogP contribution in [0, 0.1) is 13.8 Å². The molecule has 0 saturated heterocycles. The van der Waals surface area contributed by atoms with E-state index in [1.54, 1.807) is 13.8 Å². The van der Waals surface area contributed by atoms with Gasteiger partial charge >= 0.3 is 11.9 Å². The van der Waals surface area contributed by atoms with Crippen molar-refractivity contribution in [1.82, 2.24) is 4.98 Å². The zero-order chi connectivity index (χ0) is 18.8. The summed E-state index contributed by atoms with van der Waals surface area (Å²) in [7, 11) is 1.31. The summed E-state index contributed by atoms with van der Waals surface area (Å²) in [5, 5.41) is 3.88. The molecule has 0 saturated carbocycles. The number of hydrogen-bond acceptors (Lipinski definition) is 8. The zero-order valence-corrected chi connectivity index (χ0v) is 16.3. The van der Waals surface area contributed by atoms with Gasteiger partial charge in [0.25, 0.3) is 5.91 Å². The summed E-state index contributed by atoms with van der Waals surface area (Å²) in [5.74, 6) is -1.54. The van der Waals surface area contributed by atoms with Crippen molar-refractivity contribution in [2.24, 2.45) is 0 Å². The van der Waals surface area contributed by atoms with Crippen LogP contribution in [0.2, 0.25) is 0 Å². The van der Waals surface area contributed by atoms with Crippen molar-refractivity contribution in [3.8, 4) is 0 Å². The monoisotopic (exact) mass is 394 g/mol. The van der Waals surface area contributed by atoms with Gasteiger partial charge in [0, 0.05) is 4.88 Å². The fraction of sp³-hybridized carbons (Fsp3) is 0.412. The number of methoxy groups -OCH3 is 1. The molecule has 1 amide bonds. The van der Waals surface area contributed by atoms with Gasteiger partial charge in [0.1, 0.15) is 9.88 Å². The Morgan fingerprint density at radius 2 is 1.92 bits per heavy atom. The zero-order valence-electron chi connectivity index (χ0n) is 14.6. The highest BCUT2D eigenvalue weighted by Crippen LogP contribution is 2.39. The van der Waals surface area contributed by atoms with Gasteiger partial charge in [-0.15, -0.1) is 22.7 Å². The van der Waals surface area contributed by atoms with Gasteiger partial charge in [0.05, 0.1) is 23.4 Å². The molecule has 26 heavy (non-hydrogen) atoms. The number of aromatic nitrogens is 1. The van der Waals surface area contributed by atoms with Crippen LogP contribution >= 0.6 is 22.7 Å². The van der Waals surface area contributed by atoms with Crippen LogP contribution in [0.3, 0.4) is 0 Å². The molecular formula is C17H18N2O5S2. The van der Waals surface area contributed by atoms with Crippen LogP contribution in [0.15, 0.2) is 0 Å². The third-order valence-electron chi connectivity index (χ3n) is 3.99. The smallest absolute Gasteiger partial charge is 0.350 e. The maximum atomic E-state index is 12.2. The lowest BCUT2D eigenvalue weighted by Crippen LogP contribution is -2.21. The number of rotatable bonds is 5. The molecular weight excluding hydrogens is 376 g/mol. The van der Waals surface area contributed by atoms with Gasteiger partial charge in [-0.1, -0.05) is 0 Å². The van der Waals surface area contributed by atoms with E-state index in [4.69, 9.17) is 9.47 Å². The highest BCUT2D eigenvalue weighted by Gasteiger charge is 2.28. The molecule has 2 aromatic rings. The van der Waals surface area contributed by atoms with E-state index in [1.165, 1.54) is 29.8 Å². The molecule has 0 aliphatic heterocycles. The van der Waals surface area contributed by atoms with E-state index in [2.05, 4.69) is 10.3 Å². The number of hydrogen-bond donors (Lipinski definition) is 1. The molecule has 0 atom stereocenters. The number of thiazole rings is 1. The van der Waals surface area contributed by atoms with E-state index in [0.717, 1.165) is 34.7 Å². The molecule has 0 radical (unpaired) electrons. The summed E-state index contributed by atoms with van der Waals surface area (Å²) in [4.78, 5) is 42.0. The van der Waals surface area contributed by atoms with Crippen molar-refractivity contribution in [3.63, 3.8) is 0 Å². The van der Waals surface area contributed by atoms with E-state index < -0.39 is 24.5 Å². The number of amides is 1. The number of ether oxygens (including phenoxy) is 2. The van der Waals surface area contributed by atoms with Crippen LogP contribution in [0.1, 0.15) is 47.6 Å². The average molecular weight is 394 g/mol. The summed E-state index contributed by atoms with van der Waals surface area (Å²) in [5.41, 5.74) is 1.95. The van der Waals surface area contributed by atoms with Gasteiger partial charge in [-0.05, 0) is 38.7 Å². The molecule has 9 heteroatoms. The van der Waals surface area contributed by atoms with E-state index in [9.17, 15) is 14.4 Å². The first kappa shape index (κ1) is 18.5. The molecule has 2 heterocycles. The number of carbonyl (C=O) groups is 3. The van der Waals surface area contributed by atoms with Gasteiger partial charge in [-0.3, -0.25) is 4.79 Å². The molecule has 0 aromatic carbocycles. The predicted octanol–water partition coefficient (Wildman–Crippen LogP) is 2.89. The molecule has 0 spiro atoms. The first-order valence-corrected chi connectivity index (χ1v) is 9.67. The highest BCUT2D eigenvalue weighted by atomic mass is 32.1. The van der Waals surface area contributed by atoms with Crippen LogP contribution in [-0.4, -0.2) is 36.5 Å². The maximum Gasteiger partial charge on any atom is 0.350 e. The van der Waals surface area contributed by atoms with Crippen molar-refractivity contribution in [3.05, 3.63) is 31.6 Å². The lowest BCUT2D eigenvalue weighted by atomic mass is 10.1. The topological polar surface area (TPSA) is 94.6 Å². The van der Waals surface area contributed by atoms with Gasteiger partial charge in [-0.25, -0.2) is 14.6 Å². The van der Waals surface area contributed by atoms with E-state index >= 15 is 0 Å². The van der Waals surface area contributed by atoms with E-state index in [1.807, 2.05) is 0 Å². The number of esters is 2. The molecule has 1 aliphatic carbocycles. The Kier molecular flexibility index (Phi) is 5.38. The van der Waals surface area contributed by atoms with Crippen molar-refractivity contribution >= 4 is 45.5 Å². The third kappa shape index (κ3) is 3.63. The number of nitrogens with one attached hydrogen (secondary N) is 1. The number of fused-ring (bicyclic) bond motifs is 1. The van der Waals surface area contributed by atoms with Crippen LogP contribution in [0.25, 0.3) is 0 Å². The molecule has 2 aromatic heterocycles. The maximum absolute atomic E-state index is 12.2. The Hall–Kier alpha value is -2.26. The Morgan fingerprint density at radius 1 is 1.15 bits per heavy atom. The van der Waals surface area contributed by atoms with E-state index in [0.29, 0.717) is 21.1 Å². The minimum atomic E-state index is -0.579. The molecule has 1 aliphatic rings. The van der Waals surface area contributed by atoms with Crippen LogP contribution in [-0.2, 0) is 27.1 Å². The Labute approximate surface area is 158 Å². The quantitative estimate of drug-likeness (QED) is 0.784. The van der Waals surface area contributed by atoms with E-state index in [-0.39, 0.29) is 0 Å². The molecule has 0 bridgehead atoms. The molecule has 0 fully saturated rings. The minimum Gasteiger partial charge on any atom is -0.465 e. The third-order valence-corrected chi connectivity index (χ3v) is 6.25. The summed E-state index contributed by atoms with van der Waals surface area (Å²) in [6.07, 6.45) is 2.68. The first-order chi connectivity index (χ1) is 12.4. The summed E-state index contributed by atoms with van der Waals surface area (Å²) in [6.45, 7) is 3.08. The largest absolute Gasteiger partial charge is 0.465 e. The van der Waals surface area contributed by atoms with Crippen molar-refractivity contribution < 1.29 is 23.9 Å². The molecule has 7 nitrogen and oxygen atoms in total. The summed E-state index contributed by atoms with van der Waals surface area (Å²) in [6, 6.07) is 0. The number of nitrogens with zero attached hydrogens (tertiary/aromatic N) is 1. The lowest BCUT2D eigenvalue weighted by Gasteiger charge is -2.07. The molecule has 3 rings (SSSR count). The number of aryl methyl sites for hydroxylation is 3. The number of carbonyl (C=O) groups excluding carboxylic acids is 3. The fourth-order valence-electron chi connectivity index (χ4n) is 2.89. The van der Waals surface area contributed by atoms with Crippen LogP contribution in [0.5, 0.6) is 0 Å². The Balaban J connectivity index is 1.66. The van der Waals surface area contributed by atoms with Crippen LogP contribution in [0.4, 0.5) is 5.00 Å². The van der Waals surface area contributed by atoms with Gasteiger partial charge in [-0.2, -0.15) is 0 Å². The normalized spacial score (nSPS) is 12.6. The minimum absolute atomic E-state index is 0.389. The molecule has 138 valence electrons. The standard InChI is InChI=1S/C17H18N2O5S2/c1-8-14(25-9(2)18-8)17(22)24-7-12(20)19-15-13(16(21)23-3)10-5-4-6-11(10)26-15/h4-7H2,1-3H3,(H,19,20). The first-order valence-electron chi connectivity index (χ1n) is 8.04.